The van der Waals surface area contributed by atoms with E-state index in [-0.39, 0.29) is 10.5 Å². The molecule has 68 valence electrons. The standard InChI is InChI=1S/C7H5NO4S/c9-7-8-5-2-1-4(13(10)11)3-6(5)12-7/h1-3H,(H,8,9)(H,10,11). The molecule has 0 aliphatic heterocycles. The first kappa shape index (κ1) is 8.21. The summed E-state index contributed by atoms with van der Waals surface area (Å²) in [6, 6.07) is 4.32. The van der Waals surface area contributed by atoms with Gasteiger partial charge in [0, 0.05) is 6.07 Å². The summed E-state index contributed by atoms with van der Waals surface area (Å²) < 4.78 is 24.1. The second-order valence-electron chi connectivity index (χ2n) is 2.42. The number of hydrogen-bond acceptors (Lipinski definition) is 3. The molecule has 0 aliphatic carbocycles. The van der Waals surface area contributed by atoms with Crippen LogP contribution >= 0.6 is 0 Å². The zero-order valence-corrected chi connectivity index (χ0v) is 7.13. The van der Waals surface area contributed by atoms with Crippen molar-refractivity contribution in [1.29, 1.82) is 0 Å². The third kappa shape index (κ3) is 1.41. The minimum Gasteiger partial charge on any atom is -0.408 e. The number of hydrogen-bond donors (Lipinski definition) is 2. The molecule has 1 aromatic heterocycles. The van der Waals surface area contributed by atoms with Crippen molar-refractivity contribution in [3.63, 3.8) is 0 Å². The van der Waals surface area contributed by atoms with Gasteiger partial charge >= 0.3 is 5.76 Å². The molecule has 5 nitrogen and oxygen atoms in total. The van der Waals surface area contributed by atoms with Crippen LogP contribution in [0.2, 0.25) is 0 Å². The average molecular weight is 199 g/mol. The zero-order chi connectivity index (χ0) is 9.42. The molecule has 0 aliphatic rings. The van der Waals surface area contributed by atoms with Gasteiger partial charge in [-0.15, -0.1) is 0 Å². The first-order valence-electron chi connectivity index (χ1n) is 3.40. The van der Waals surface area contributed by atoms with Gasteiger partial charge in [0.25, 0.3) is 0 Å². The molecule has 0 amide bonds. The molecule has 1 heterocycles. The van der Waals surface area contributed by atoms with E-state index in [1.807, 2.05) is 0 Å². The normalized spacial score (nSPS) is 13.3. The Balaban J connectivity index is 2.74. The molecule has 0 saturated heterocycles. The molecule has 13 heavy (non-hydrogen) atoms. The highest BCUT2D eigenvalue weighted by molar-refractivity contribution is 7.79. The number of fused-ring (bicyclic) bond motifs is 1. The van der Waals surface area contributed by atoms with Crippen LogP contribution in [0.1, 0.15) is 0 Å². The summed E-state index contributed by atoms with van der Waals surface area (Å²) in [7, 11) is 0. The van der Waals surface area contributed by atoms with E-state index in [4.69, 9.17) is 8.97 Å². The molecular formula is C7H5NO4S. The van der Waals surface area contributed by atoms with Crippen LogP contribution in [0.25, 0.3) is 11.1 Å². The predicted octanol–water partition coefficient (Wildman–Crippen LogP) is 0.702. The van der Waals surface area contributed by atoms with Gasteiger partial charge in [-0.2, -0.15) is 0 Å². The van der Waals surface area contributed by atoms with Gasteiger partial charge in [0.05, 0.1) is 10.4 Å². The first-order chi connectivity index (χ1) is 6.16. The molecule has 1 atom stereocenters. The molecule has 0 bridgehead atoms. The Labute approximate surface area is 74.7 Å². The summed E-state index contributed by atoms with van der Waals surface area (Å²) in [4.78, 5) is 13.3. The number of aromatic nitrogens is 1. The lowest BCUT2D eigenvalue weighted by Crippen LogP contribution is -1.92. The highest BCUT2D eigenvalue weighted by Crippen LogP contribution is 2.13. The lowest BCUT2D eigenvalue weighted by Gasteiger charge is -1.92. The van der Waals surface area contributed by atoms with Crippen LogP contribution in [-0.2, 0) is 11.1 Å². The monoisotopic (exact) mass is 199 g/mol. The summed E-state index contributed by atoms with van der Waals surface area (Å²) in [6.45, 7) is 0. The third-order valence-corrected chi connectivity index (χ3v) is 2.25. The van der Waals surface area contributed by atoms with E-state index in [2.05, 4.69) is 4.98 Å². The molecule has 0 fully saturated rings. The van der Waals surface area contributed by atoms with Crippen LogP contribution in [0.4, 0.5) is 0 Å². The van der Waals surface area contributed by atoms with Crippen molar-refractivity contribution < 1.29 is 13.2 Å². The minimum atomic E-state index is -2.05. The fraction of sp³-hybridized carbons (Fsp3) is 0. The zero-order valence-electron chi connectivity index (χ0n) is 6.31. The van der Waals surface area contributed by atoms with Crippen LogP contribution in [0, 0.1) is 0 Å². The van der Waals surface area contributed by atoms with Gasteiger partial charge in [0.2, 0.25) is 0 Å². The van der Waals surface area contributed by atoms with Crippen molar-refractivity contribution in [2.45, 2.75) is 4.90 Å². The second-order valence-corrected chi connectivity index (χ2v) is 3.39. The molecule has 2 rings (SSSR count). The maximum Gasteiger partial charge on any atom is 0.417 e. The van der Waals surface area contributed by atoms with Crippen molar-refractivity contribution in [3.8, 4) is 0 Å². The molecule has 6 heteroatoms. The van der Waals surface area contributed by atoms with Crippen molar-refractivity contribution in [2.24, 2.45) is 0 Å². The molecule has 2 N–H and O–H groups in total. The van der Waals surface area contributed by atoms with E-state index in [9.17, 15) is 9.00 Å². The molecule has 0 saturated carbocycles. The predicted molar refractivity (Wildman–Crippen MR) is 45.9 cm³/mol. The third-order valence-electron chi connectivity index (χ3n) is 1.59. The fourth-order valence-corrected chi connectivity index (χ4v) is 1.43. The largest absolute Gasteiger partial charge is 0.417 e. The maximum atomic E-state index is 10.7. The van der Waals surface area contributed by atoms with E-state index in [1.54, 1.807) is 0 Å². The number of aromatic amines is 1. The Bertz CT molecular complexity index is 527. The molecule has 2 aromatic rings. The molecule has 0 radical (unpaired) electrons. The molecular weight excluding hydrogens is 194 g/mol. The summed E-state index contributed by atoms with van der Waals surface area (Å²) >= 11 is -2.05. The van der Waals surface area contributed by atoms with Crippen LogP contribution in [0.15, 0.2) is 32.3 Å². The Morgan fingerprint density at radius 3 is 2.92 bits per heavy atom. The number of benzene rings is 1. The summed E-state index contributed by atoms with van der Waals surface area (Å²) in [6.07, 6.45) is 0. The molecule has 0 spiro atoms. The van der Waals surface area contributed by atoms with Gasteiger partial charge in [-0.05, 0) is 12.1 Å². The Hall–Kier alpha value is -1.40. The quantitative estimate of drug-likeness (QED) is 0.662. The maximum absolute atomic E-state index is 10.7. The van der Waals surface area contributed by atoms with Crippen LogP contribution in [-0.4, -0.2) is 13.7 Å². The molecule has 1 aromatic carbocycles. The molecule has 1 unspecified atom stereocenters. The van der Waals surface area contributed by atoms with E-state index in [0.29, 0.717) is 5.52 Å². The van der Waals surface area contributed by atoms with E-state index >= 15 is 0 Å². The van der Waals surface area contributed by atoms with Crippen LogP contribution < -0.4 is 5.76 Å². The van der Waals surface area contributed by atoms with Crippen molar-refractivity contribution in [3.05, 3.63) is 28.7 Å². The Morgan fingerprint density at radius 1 is 1.46 bits per heavy atom. The van der Waals surface area contributed by atoms with Crippen LogP contribution in [0.5, 0.6) is 0 Å². The average Bonchev–Trinajstić information content (AvgIpc) is 2.42. The lowest BCUT2D eigenvalue weighted by molar-refractivity contribution is 0.551. The van der Waals surface area contributed by atoms with Gasteiger partial charge in [-0.1, -0.05) is 0 Å². The smallest absolute Gasteiger partial charge is 0.408 e. The summed E-state index contributed by atoms with van der Waals surface area (Å²) in [5, 5.41) is 0. The SMILES string of the molecule is O=c1[nH]c2ccc(S(=O)O)cc2o1. The van der Waals surface area contributed by atoms with Gasteiger partial charge < -0.3 is 8.97 Å². The van der Waals surface area contributed by atoms with E-state index in [1.165, 1.54) is 18.2 Å². The van der Waals surface area contributed by atoms with Crippen molar-refractivity contribution >= 4 is 22.2 Å². The number of rotatable bonds is 1. The highest BCUT2D eigenvalue weighted by Gasteiger charge is 2.04. The topological polar surface area (TPSA) is 83.3 Å². The lowest BCUT2D eigenvalue weighted by atomic mass is 10.3. The van der Waals surface area contributed by atoms with Gasteiger partial charge in [-0.25, -0.2) is 9.00 Å². The van der Waals surface area contributed by atoms with Crippen molar-refractivity contribution in [2.75, 3.05) is 0 Å². The van der Waals surface area contributed by atoms with Gasteiger partial charge in [0.1, 0.15) is 0 Å². The van der Waals surface area contributed by atoms with Crippen molar-refractivity contribution in [1.82, 2.24) is 4.98 Å². The van der Waals surface area contributed by atoms with Gasteiger partial charge in [-0.3, -0.25) is 4.98 Å². The summed E-state index contributed by atoms with van der Waals surface area (Å²) in [5.41, 5.74) is 0.795. The summed E-state index contributed by atoms with van der Waals surface area (Å²) in [5.74, 6) is -0.573. The number of oxazole rings is 1. The second kappa shape index (κ2) is 2.82. The number of nitrogens with one attached hydrogen (secondary N) is 1. The highest BCUT2D eigenvalue weighted by atomic mass is 32.2. The Kier molecular flexibility index (Phi) is 1.78. The number of H-pyrrole nitrogens is 1. The Morgan fingerprint density at radius 2 is 2.23 bits per heavy atom. The first-order valence-corrected chi connectivity index (χ1v) is 4.51. The van der Waals surface area contributed by atoms with E-state index < -0.39 is 16.8 Å². The van der Waals surface area contributed by atoms with Crippen LogP contribution in [0.3, 0.4) is 0 Å². The fourth-order valence-electron chi connectivity index (χ4n) is 1.03. The minimum absolute atomic E-state index is 0.204. The van der Waals surface area contributed by atoms with Gasteiger partial charge in [0.15, 0.2) is 16.7 Å². The van der Waals surface area contributed by atoms with E-state index in [0.717, 1.165) is 0 Å².